The smallest absolute Gasteiger partial charge is 0.276 e. The average Bonchev–Trinajstić information content (AvgIpc) is 3.31. The molecule has 2 N–H and O–H groups in total. The Morgan fingerprint density at radius 2 is 1.78 bits per heavy atom. The van der Waals surface area contributed by atoms with Crippen LogP contribution in [0, 0.1) is 13.8 Å². The van der Waals surface area contributed by atoms with Gasteiger partial charge in [-0.2, -0.15) is 0 Å². The van der Waals surface area contributed by atoms with Gasteiger partial charge in [-0.1, -0.05) is 37.3 Å². The molecular formula is C28H33N5O4. The minimum atomic E-state index is -1.15. The fourth-order valence-corrected chi connectivity index (χ4v) is 4.73. The summed E-state index contributed by atoms with van der Waals surface area (Å²) >= 11 is 0. The van der Waals surface area contributed by atoms with Crippen LogP contribution < -0.4 is 15.4 Å². The van der Waals surface area contributed by atoms with Crippen LogP contribution in [0.1, 0.15) is 57.9 Å². The number of anilines is 1. The lowest BCUT2D eigenvalue weighted by molar-refractivity contribution is -0.133. The number of aryl methyl sites for hydroxylation is 2. The zero-order valence-electron chi connectivity index (χ0n) is 21.9. The van der Waals surface area contributed by atoms with Crippen LogP contribution in [0.3, 0.4) is 0 Å². The molecule has 9 nitrogen and oxygen atoms in total. The predicted molar refractivity (Wildman–Crippen MR) is 141 cm³/mol. The maximum absolute atomic E-state index is 13.7. The number of carbonyl (C=O) groups excluding carboxylic acids is 3. The minimum Gasteiger partial charge on any atom is -0.497 e. The number of hydrogen-bond donors (Lipinski definition) is 2. The molecule has 1 aromatic heterocycles. The van der Waals surface area contributed by atoms with Crippen LogP contribution in [0.25, 0.3) is 0 Å². The van der Waals surface area contributed by atoms with E-state index >= 15 is 0 Å². The highest BCUT2D eigenvalue weighted by Gasteiger charge is 2.48. The number of amides is 3. The molecule has 0 saturated heterocycles. The van der Waals surface area contributed by atoms with Crippen molar-refractivity contribution in [3.8, 4) is 5.75 Å². The van der Waals surface area contributed by atoms with E-state index in [0.717, 1.165) is 22.4 Å². The van der Waals surface area contributed by atoms with Gasteiger partial charge < -0.3 is 24.8 Å². The number of nitrogens with zero attached hydrogens (tertiary/aromatic N) is 3. The normalized spacial score (nSPS) is 16.8. The van der Waals surface area contributed by atoms with Crippen molar-refractivity contribution >= 4 is 23.4 Å². The second kappa shape index (κ2) is 10.5. The molecule has 0 saturated carbocycles. The second-order valence-electron chi connectivity index (χ2n) is 9.55. The summed E-state index contributed by atoms with van der Waals surface area (Å²) in [5.41, 5.74) is 2.55. The Morgan fingerprint density at radius 1 is 1.11 bits per heavy atom. The van der Waals surface area contributed by atoms with Crippen LogP contribution in [-0.2, 0) is 17.9 Å². The zero-order valence-corrected chi connectivity index (χ0v) is 21.9. The molecule has 37 heavy (non-hydrogen) atoms. The van der Waals surface area contributed by atoms with Gasteiger partial charge in [-0.05, 0) is 56.0 Å². The van der Waals surface area contributed by atoms with Crippen LogP contribution in [-0.4, -0.2) is 51.4 Å². The molecule has 0 unspecified atom stereocenters. The van der Waals surface area contributed by atoms with Crippen molar-refractivity contribution in [2.75, 3.05) is 19.0 Å². The molecule has 3 aromatic rings. The van der Waals surface area contributed by atoms with Crippen molar-refractivity contribution < 1.29 is 19.1 Å². The maximum atomic E-state index is 13.7. The Balaban J connectivity index is 1.59. The van der Waals surface area contributed by atoms with Gasteiger partial charge in [0.05, 0.1) is 20.0 Å². The van der Waals surface area contributed by atoms with Gasteiger partial charge in [-0.3, -0.25) is 14.4 Å². The quantitative estimate of drug-likeness (QED) is 0.488. The number of rotatable bonds is 8. The van der Waals surface area contributed by atoms with E-state index in [9.17, 15) is 14.4 Å². The molecule has 0 spiro atoms. The summed E-state index contributed by atoms with van der Waals surface area (Å²) in [6.07, 6.45) is 2.12. The van der Waals surface area contributed by atoms with Crippen LogP contribution in [0.5, 0.6) is 5.75 Å². The first-order valence-electron chi connectivity index (χ1n) is 12.4. The molecule has 1 aliphatic heterocycles. The van der Waals surface area contributed by atoms with Crippen molar-refractivity contribution in [2.24, 2.45) is 0 Å². The van der Waals surface area contributed by atoms with Crippen molar-refractivity contribution in [1.82, 2.24) is 19.8 Å². The highest BCUT2D eigenvalue weighted by Crippen LogP contribution is 2.30. The number of hydrogen-bond acceptors (Lipinski definition) is 5. The van der Waals surface area contributed by atoms with E-state index in [1.165, 1.54) is 6.33 Å². The van der Waals surface area contributed by atoms with E-state index in [0.29, 0.717) is 25.2 Å². The summed E-state index contributed by atoms with van der Waals surface area (Å²) in [6.45, 7) is 8.39. The van der Waals surface area contributed by atoms with E-state index in [1.54, 1.807) is 23.5 Å². The third-order valence-electron chi connectivity index (χ3n) is 6.84. The SMILES string of the molecule is CCCN1C(=O)c2c(C(=O)Nc3c(C)cccc3C)ncn2C[C@]1(C)C(=O)NCc1ccc(OC)cc1. The third kappa shape index (κ3) is 4.94. The van der Waals surface area contributed by atoms with Gasteiger partial charge in [0.1, 0.15) is 17.0 Å². The second-order valence-corrected chi connectivity index (χ2v) is 9.55. The monoisotopic (exact) mass is 503 g/mol. The van der Waals surface area contributed by atoms with E-state index in [2.05, 4.69) is 15.6 Å². The number of nitrogens with one attached hydrogen (secondary N) is 2. The van der Waals surface area contributed by atoms with Crippen LogP contribution in [0.4, 0.5) is 5.69 Å². The van der Waals surface area contributed by atoms with Gasteiger partial charge in [-0.15, -0.1) is 0 Å². The molecule has 0 radical (unpaired) electrons. The molecule has 4 rings (SSSR count). The Labute approximate surface area is 216 Å². The summed E-state index contributed by atoms with van der Waals surface area (Å²) < 4.78 is 6.80. The summed E-state index contributed by atoms with van der Waals surface area (Å²) in [5.74, 6) is -0.382. The summed E-state index contributed by atoms with van der Waals surface area (Å²) in [4.78, 5) is 46.3. The summed E-state index contributed by atoms with van der Waals surface area (Å²) in [7, 11) is 1.60. The fourth-order valence-electron chi connectivity index (χ4n) is 4.73. The molecule has 0 bridgehead atoms. The number of methoxy groups -OCH3 is 1. The van der Waals surface area contributed by atoms with Crippen molar-refractivity contribution in [3.05, 3.63) is 76.9 Å². The lowest BCUT2D eigenvalue weighted by Gasteiger charge is -2.43. The molecule has 9 heteroatoms. The molecule has 1 atom stereocenters. The predicted octanol–water partition coefficient (Wildman–Crippen LogP) is 3.70. The minimum absolute atomic E-state index is 0.0504. The number of aromatic nitrogens is 2. The standard InChI is InChI=1S/C28H33N5O4/c1-6-14-33-26(35)24-23(25(34)31-22-18(2)8-7-9-19(22)3)30-17-32(24)16-28(33,4)27(36)29-15-20-10-12-21(37-5)13-11-20/h7-13,17H,6,14-16H2,1-5H3,(H,29,36)(H,31,34)/t28-/m1/s1. The van der Waals surface area contributed by atoms with Gasteiger partial charge in [0.25, 0.3) is 11.8 Å². The van der Waals surface area contributed by atoms with Gasteiger partial charge >= 0.3 is 0 Å². The van der Waals surface area contributed by atoms with E-state index in [4.69, 9.17) is 4.74 Å². The van der Waals surface area contributed by atoms with Crippen LogP contribution >= 0.6 is 0 Å². The molecule has 3 amide bonds. The molecule has 2 aromatic carbocycles. The Hall–Kier alpha value is -4.14. The number of benzene rings is 2. The molecule has 2 heterocycles. The number of fused-ring (bicyclic) bond motifs is 1. The summed E-state index contributed by atoms with van der Waals surface area (Å²) in [6, 6.07) is 13.2. The number of imidazole rings is 1. The number of ether oxygens (including phenoxy) is 1. The van der Waals surface area contributed by atoms with Crippen LogP contribution in [0.15, 0.2) is 48.8 Å². The Kier molecular flexibility index (Phi) is 7.33. The first-order chi connectivity index (χ1) is 17.7. The highest BCUT2D eigenvalue weighted by molar-refractivity contribution is 6.12. The lowest BCUT2D eigenvalue weighted by atomic mass is 9.93. The largest absolute Gasteiger partial charge is 0.497 e. The van der Waals surface area contributed by atoms with Gasteiger partial charge in [0.2, 0.25) is 5.91 Å². The van der Waals surface area contributed by atoms with Crippen molar-refractivity contribution in [1.29, 1.82) is 0 Å². The first-order valence-corrected chi connectivity index (χ1v) is 12.4. The molecular weight excluding hydrogens is 470 g/mol. The molecule has 0 fully saturated rings. The number of carbonyl (C=O) groups is 3. The highest BCUT2D eigenvalue weighted by atomic mass is 16.5. The molecule has 1 aliphatic rings. The van der Waals surface area contributed by atoms with Gasteiger partial charge in [-0.25, -0.2) is 4.98 Å². The summed E-state index contributed by atoms with van der Waals surface area (Å²) in [5, 5.41) is 5.89. The number of para-hydroxylation sites is 1. The van der Waals surface area contributed by atoms with E-state index in [-0.39, 0.29) is 29.7 Å². The van der Waals surface area contributed by atoms with Gasteiger partial charge in [0, 0.05) is 18.8 Å². The topological polar surface area (TPSA) is 106 Å². The van der Waals surface area contributed by atoms with E-state index < -0.39 is 11.4 Å². The van der Waals surface area contributed by atoms with Crippen molar-refractivity contribution in [3.63, 3.8) is 0 Å². The van der Waals surface area contributed by atoms with Gasteiger partial charge in [0.15, 0.2) is 5.69 Å². The third-order valence-corrected chi connectivity index (χ3v) is 6.84. The lowest BCUT2D eigenvalue weighted by Crippen LogP contribution is -2.64. The first kappa shape index (κ1) is 25.9. The fraction of sp³-hybridized carbons (Fsp3) is 0.357. The average molecular weight is 504 g/mol. The van der Waals surface area contributed by atoms with E-state index in [1.807, 2.05) is 63.2 Å². The Morgan fingerprint density at radius 3 is 2.41 bits per heavy atom. The zero-order chi connectivity index (χ0) is 26.7. The van der Waals surface area contributed by atoms with Crippen LogP contribution in [0.2, 0.25) is 0 Å². The Bertz CT molecular complexity index is 1310. The van der Waals surface area contributed by atoms with Crippen molar-refractivity contribution in [2.45, 2.75) is 52.7 Å². The molecule has 194 valence electrons. The molecule has 0 aliphatic carbocycles. The maximum Gasteiger partial charge on any atom is 0.276 e.